The number of carboxylic acid groups (broad SMARTS) is 1. The first-order valence-corrected chi connectivity index (χ1v) is 8.40. The van der Waals surface area contributed by atoms with Crippen molar-refractivity contribution < 1.29 is 14.7 Å². The van der Waals surface area contributed by atoms with Gasteiger partial charge in [-0.05, 0) is 39.0 Å². The Bertz CT molecular complexity index is 1240. The van der Waals surface area contributed by atoms with Gasteiger partial charge in [0.05, 0.1) is 16.9 Å². The molecule has 136 valence electrons. The van der Waals surface area contributed by atoms with Crippen molar-refractivity contribution in [2.45, 2.75) is 27.3 Å². The number of aromatic nitrogens is 5. The molecule has 4 heterocycles. The minimum absolute atomic E-state index is 0.122. The van der Waals surface area contributed by atoms with Crippen LogP contribution >= 0.6 is 0 Å². The van der Waals surface area contributed by atoms with Crippen LogP contribution in [-0.2, 0) is 11.3 Å². The van der Waals surface area contributed by atoms with Crippen molar-refractivity contribution in [2.75, 3.05) is 0 Å². The van der Waals surface area contributed by atoms with Crippen molar-refractivity contribution in [2.24, 2.45) is 0 Å². The zero-order valence-electron chi connectivity index (χ0n) is 15.1. The molecule has 27 heavy (non-hydrogen) atoms. The van der Waals surface area contributed by atoms with Crippen LogP contribution in [0.1, 0.15) is 28.8 Å². The van der Waals surface area contributed by atoms with E-state index in [2.05, 4.69) is 15.1 Å². The summed E-state index contributed by atoms with van der Waals surface area (Å²) in [4.78, 5) is 32.2. The van der Waals surface area contributed by atoms with E-state index in [4.69, 9.17) is 5.11 Å². The lowest BCUT2D eigenvalue weighted by molar-refractivity contribution is -0.137. The van der Waals surface area contributed by atoms with Crippen LogP contribution < -0.4 is 0 Å². The first-order valence-electron chi connectivity index (χ1n) is 8.40. The maximum absolute atomic E-state index is 12.1. The number of pyridine rings is 2. The van der Waals surface area contributed by atoms with Gasteiger partial charge in [-0.3, -0.25) is 14.6 Å². The largest absolute Gasteiger partial charge is 0.480 e. The molecule has 0 saturated carbocycles. The zero-order chi connectivity index (χ0) is 19.3. The molecule has 0 fully saturated rings. The van der Waals surface area contributed by atoms with Gasteiger partial charge < -0.3 is 9.67 Å². The maximum atomic E-state index is 12.1. The SMILES string of the molecule is CC(=O)c1cn(CC(=O)O)c2c(C)nc(-c3ccc4nc(C)nn4c3)cc12. The van der Waals surface area contributed by atoms with Crippen LogP contribution in [0.25, 0.3) is 27.8 Å². The fourth-order valence-corrected chi connectivity index (χ4v) is 3.37. The van der Waals surface area contributed by atoms with Crippen molar-refractivity contribution >= 4 is 28.3 Å². The molecule has 4 aromatic heterocycles. The molecule has 0 unspecified atom stereocenters. The van der Waals surface area contributed by atoms with Gasteiger partial charge in [0.1, 0.15) is 12.4 Å². The number of Topliss-reactive ketones (excluding diaryl/α,β-unsaturated/α-hetero) is 1. The Balaban J connectivity index is 1.95. The van der Waals surface area contributed by atoms with Gasteiger partial charge in [0, 0.05) is 28.9 Å². The summed E-state index contributed by atoms with van der Waals surface area (Å²) in [7, 11) is 0. The molecule has 0 amide bonds. The Morgan fingerprint density at radius 2 is 1.93 bits per heavy atom. The summed E-state index contributed by atoms with van der Waals surface area (Å²) >= 11 is 0. The van der Waals surface area contributed by atoms with E-state index in [0.717, 1.165) is 11.2 Å². The Morgan fingerprint density at radius 3 is 2.63 bits per heavy atom. The number of carbonyl (C=O) groups excluding carboxylic acids is 1. The second-order valence-corrected chi connectivity index (χ2v) is 6.49. The van der Waals surface area contributed by atoms with Crippen molar-refractivity contribution in [1.29, 1.82) is 0 Å². The van der Waals surface area contributed by atoms with Crippen LogP contribution in [0.5, 0.6) is 0 Å². The van der Waals surface area contributed by atoms with E-state index in [1.165, 1.54) is 6.92 Å². The Morgan fingerprint density at radius 1 is 1.15 bits per heavy atom. The van der Waals surface area contributed by atoms with Crippen LogP contribution in [0.15, 0.2) is 30.6 Å². The average molecular weight is 363 g/mol. The highest BCUT2D eigenvalue weighted by Gasteiger charge is 2.18. The molecule has 8 heteroatoms. The number of ketones is 1. The number of hydrogen-bond acceptors (Lipinski definition) is 5. The van der Waals surface area contributed by atoms with Crippen LogP contribution in [0.4, 0.5) is 0 Å². The van der Waals surface area contributed by atoms with Crippen LogP contribution in [-0.4, -0.2) is 41.0 Å². The van der Waals surface area contributed by atoms with E-state index in [0.29, 0.717) is 33.7 Å². The monoisotopic (exact) mass is 363 g/mol. The van der Waals surface area contributed by atoms with Crippen LogP contribution in [0.2, 0.25) is 0 Å². The van der Waals surface area contributed by atoms with E-state index in [-0.39, 0.29) is 12.3 Å². The maximum Gasteiger partial charge on any atom is 0.323 e. The normalized spacial score (nSPS) is 11.4. The highest BCUT2D eigenvalue weighted by atomic mass is 16.4. The van der Waals surface area contributed by atoms with Gasteiger partial charge in [0.25, 0.3) is 0 Å². The van der Waals surface area contributed by atoms with Crippen molar-refractivity contribution in [3.05, 3.63) is 47.7 Å². The zero-order valence-corrected chi connectivity index (χ0v) is 15.1. The fourth-order valence-electron chi connectivity index (χ4n) is 3.37. The van der Waals surface area contributed by atoms with Gasteiger partial charge in [-0.25, -0.2) is 9.50 Å². The quantitative estimate of drug-likeness (QED) is 0.559. The molecule has 8 nitrogen and oxygen atoms in total. The molecule has 0 bridgehead atoms. The molecule has 0 saturated heterocycles. The smallest absolute Gasteiger partial charge is 0.323 e. The van der Waals surface area contributed by atoms with Crippen molar-refractivity contribution in [3.8, 4) is 11.3 Å². The lowest BCUT2D eigenvalue weighted by Crippen LogP contribution is -2.08. The lowest BCUT2D eigenvalue weighted by Gasteiger charge is -2.08. The number of nitrogens with zero attached hydrogens (tertiary/aromatic N) is 5. The number of aliphatic carboxylic acids is 1. The third-order valence-electron chi connectivity index (χ3n) is 4.45. The van der Waals surface area contributed by atoms with Crippen molar-refractivity contribution in [1.82, 2.24) is 24.1 Å². The highest BCUT2D eigenvalue weighted by molar-refractivity contribution is 6.08. The van der Waals surface area contributed by atoms with Gasteiger partial charge in [-0.2, -0.15) is 5.10 Å². The summed E-state index contributed by atoms with van der Waals surface area (Å²) in [5.74, 6) is -0.420. The number of carbonyl (C=O) groups is 2. The van der Waals surface area contributed by atoms with E-state index in [1.54, 1.807) is 15.3 Å². The first kappa shape index (κ1) is 16.9. The molecule has 0 aromatic carbocycles. The number of rotatable bonds is 4. The third-order valence-corrected chi connectivity index (χ3v) is 4.45. The number of aryl methyl sites for hydroxylation is 2. The second-order valence-electron chi connectivity index (χ2n) is 6.49. The molecule has 0 aliphatic carbocycles. The summed E-state index contributed by atoms with van der Waals surface area (Å²) in [6, 6.07) is 5.58. The third kappa shape index (κ3) is 2.84. The molecule has 0 aliphatic rings. The first-order chi connectivity index (χ1) is 12.8. The van der Waals surface area contributed by atoms with Crippen molar-refractivity contribution in [3.63, 3.8) is 0 Å². The second kappa shape index (κ2) is 6.01. The molecule has 0 aliphatic heterocycles. The lowest BCUT2D eigenvalue weighted by atomic mass is 10.1. The Kier molecular flexibility index (Phi) is 3.76. The van der Waals surface area contributed by atoms with Crippen LogP contribution in [0, 0.1) is 13.8 Å². The van der Waals surface area contributed by atoms with Gasteiger partial charge in [0.15, 0.2) is 11.4 Å². The number of fused-ring (bicyclic) bond motifs is 2. The molecule has 0 atom stereocenters. The summed E-state index contributed by atoms with van der Waals surface area (Å²) in [5.41, 5.74) is 4.06. The topological polar surface area (TPSA) is 102 Å². The van der Waals surface area contributed by atoms with Gasteiger partial charge in [0.2, 0.25) is 0 Å². The average Bonchev–Trinajstić information content (AvgIpc) is 3.13. The summed E-state index contributed by atoms with van der Waals surface area (Å²) in [6.07, 6.45) is 3.42. The van der Waals surface area contributed by atoms with E-state index in [1.807, 2.05) is 38.2 Å². The highest BCUT2D eigenvalue weighted by Crippen LogP contribution is 2.29. The van der Waals surface area contributed by atoms with Gasteiger partial charge >= 0.3 is 5.97 Å². The number of carboxylic acids is 1. The molecule has 4 rings (SSSR count). The van der Waals surface area contributed by atoms with Gasteiger partial charge in [-0.15, -0.1) is 0 Å². The number of hydrogen-bond donors (Lipinski definition) is 1. The standard InChI is InChI=1S/C19H17N5O3/c1-10-19-14(15(11(2)25)8-23(19)9-18(26)27)6-16(20-10)13-4-5-17-21-12(3)22-24(17)7-13/h4-8H,9H2,1-3H3,(H,26,27). The van der Waals surface area contributed by atoms with Gasteiger partial charge in [-0.1, -0.05) is 0 Å². The van der Waals surface area contributed by atoms with E-state index in [9.17, 15) is 9.59 Å². The predicted octanol–water partition coefficient (Wildman–Crippen LogP) is 2.65. The molecule has 0 radical (unpaired) electrons. The van der Waals surface area contributed by atoms with E-state index < -0.39 is 5.97 Å². The Hall–Kier alpha value is -3.55. The molecule has 0 spiro atoms. The summed E-state index contributed by atoms with van der Waals surface area (Å²) in [6.45, 7) is 4.88. The predicted molar refractivity (Wildman–Crippen MR) is 98.8 cm³/mol. The summed E-state index contributed by atoms with van der Waals surface area (Å²) in [5, 5.41) is 14.2. The minimum Gasteiger partial charge on any atom is -0.480 e. The van der Waals surface area contributed by atoms with Crippen LogP contribution in [0.3, 0.4) is 0 Å². The fraction of sp³-hybridized carbons (Fsp3) is 0.211. The summed E-state index contributed by atoms with van der Waals surface area (Å²) < 4.78 is 3.25. The molecule has 1 N–H and O–H groups in total. The Labute approximate surface area is 154 Å². The molecular formula is C19H17N5O3. The molecule has 4 aromatic rings. The van der Waals surface area contributed by atoms with E-state index >= 15 is 0 Å². The molecular weight excluding hydrogens is 346 g/mol. The minimum atomic E-state index is -0.975.